The van der Waals surface area contributed by atoms with Crippen LogP contribution in [-0.2, 0) is 0 Å². The SMILES string of the molecule is CCCCCCCCCCCCNC(C)(C)C(=O)c1ccc(SC)cc1. The number of Topliss-reactive ketones (excluding diaryl/α,β-unsaturated/α-hetero) is 1. The third-order valence-electron chi connectivity index (χ3n) is 5.02. The first kappa shape index (κ1) is 23.2. The Morgan fingerprint density at radius 1 is 0.885 bits per heavy atom. The van der Waals surface area contributed by atoms with E-state index in [0.29, 0.717) is 0 Å². The van der Waals surface area contributed by atoms with Crippen LogP contribution in [-0.4, -0.2) is 24.1 Å². The van der Waals surface area contributed by atoms with Gasteiger partial charge in [-0.3, -0.25) is 4.79 Å². The van der Waals surface area contributed by atoms with Crippen molar-refractivity contribution in [3.8, 4) is 0 Å². The summed E-state index contributed by atoms with van der Waals surface area (Å²) in [5, 5.41) is 3.46. The molecule has 1 aromatic rings. The number of benzene rings is 1. The molecule has 0 fully saturated rings. The molecule has 0 aliphatic carbocycles. The summed E-state index contributed by atoms with van der Waals surface area (Å²) in [6, 6.07) is 7.93. The summed E-state index contributed by atoms with van der Waals surface area (Å²) in [5.41, 5.74) is 0.295. The van der Waals surface area contributed by atoms with Gasteiger partial charge < -0.3 is 5.32 Å². The molecule has 148 valence electrons. The van der Waals surface area contributed by atoms with Gasteiger partial charge in [0.1, 0.15) is 0 Å². The molecule has 1 aromatic carbocycles. The van der Waals surface area contributed by atoms with Gasteiger partial charge in [0, 0.05) is 10.5 Å². The highest BCUT2D eigenvalue weighted by Gasteiger charge is 2.27. The third kappa shape index (κ3) is 9.23. The molecule has 0 atom stereocenters. The molecule has 0 aliphatic heterocycles. The Morgan fingerprint density at radius 2 is 1.38 bits per heavy atom. The van der Waals surface area contributed by atoms with Crippen LogP contribution in [0.2, 0.25) is 0 Å². The lowest BCUT2D eigenvalue weighted by Gasteiger charge is -2.25. The van der Waals surface area contributed by atoms with Crippen LogP contribution < -0.4 is 5.32 Å². The maximum Gasteiger partial charge on any atom is 0.182 e. The number of unbranched alkanes of at least 4 members (excludes halogenated alkanes) is 9. The normalized spacial score (nSPS) is 11.7. The second-order valence-electron chi connectivity index (χ2n) is 7.79. The van der Waals surface area contributed by atoms with Gasteiger partial charge in [0.2, 0.25) is 0 Å². The van der Waals surface area contributed by atoms with E-state index < -0.39 is 5.54 Å². The second kappa shape index (κ2) is 13.4. The second-order valence-corrected chi connectivity index (χ2v) is 8.67. The molecule has 2 nitrogen and oxygen atoms in total. The fourth-order valence-electron chi connectivity index (χ4n) is 3.20. The minimum Gasteiger partial charge on any atom is -0.305 e. The number of nitrogens with one attached hydrogen (secondary N) is 1. The molecule has 0 saturated carbocycles. The molecule has 0 saturated heterocycles. The van der Waals surface area contributed by atoms with Crippen molar-refractivity contribution in [2.45, 2.75) is 95.4 Å². The van der Waals surface area contributed by atoms with E-state index in [2.05, 4.69) is 18.5 Å². The number of carbonyl (C=O) groups is 1. The Morgan fingerprint density at radius 3 is 1.88 bits per heavy atom. The van der Waals surface area contributed by atoms with Gasteiger partial charge in [0.25, 0.3) is 0 Å². The maximum absolute atomic E-state index is 12.7. The molecule has 0 aliphatic rings. The van der Waals surface area contributed by atoms with E-state index in [9.17, 15) is 4.79 Å². The van der Waals surface area contributed by atoms with Crippen molar-refractivity contribution in [1.82, 2.24) is 5.32 Å². The van der Waals surface area contributed by atoms with Gasteiger partial charge in [-0.25, -0.2) is 0 Å². The number of carbonyl (C=O) groups excluding carboxylic acids is 1. The van der Waals surface area contributed by atoms with Crippen LogP contribution in [0.25, 0.3) is 0 Å². The van der Waals surface area contributed by atoms with Crippen molar-refractivity contribution < 1.29 is 4.79 Å². The molecule has 0 radical (unpaired) electrons. The molecule has 26 heavy (non-hydrogen) atoms. The minimum absolute atomic E-state index is 0.178. The zero-order valence-electron chi connectivity index (χ0n) is 17.4. The van der Waals surface area contributed by atoms with Gasteiger partial charge in [-0.05, 0) is 45.2 Å². The van der Waals surface area contributed by atoms with Crippen molar-refractivity contribution in [1.29, 1.82) is 0 Å². The van der Waals surface area contributed by atoms with Crippen LogP contribution in [0, 0.1) is 0 Å². The van der Waals surface area contributed by atoms with Gasteiger partial charge >= 0.3 is 0 Å². The highest BCUT2D eigenvalue weighted by Crippen LogP contribution is 2.18. The van der Waals surface area contributed by atoms with Gasteiger partial charge in [0.15, 0.2) is 5.78 Å². The van der Waals surface area contributed by atoms with E-state index in [1.165, 1.54) is 62.7 Å². The Kier molecular flexibility index (Phi) is 12.0. The zero-order chi connectivity index (χ0) is 19.3. The van der Waals surface area contributed by atoms with Gasteiger partial charge in [-0.15, -0.1) is 11.8 Å². The average molecular weight is 378 g/mol. The average Bonchev–Trinajstić information content (AvgIpc) is 2.65. The van der Waals surface area contributed by atoms with Crippen LogP contribution >= 0.6 is 11.8 Å². The first-order valence-corrected chi connectivity index (χ1v) is 11.7. The Bertz CT molecular complexity index is 495. The molecule has 3 heteroatoms. The lowest BCUT2D eigenvalue weighted by molar-refractivity contribution is 0.0882. The predicted octanol–water partition coefficient (Wildman–Crippen LogP) is 6.88. The first-order valence-electron chi connectivity index (χ1n) is 10.4. The van der Waals surface area contributed by atoms with E-state index in [1.54, 1.807) is 11.8 Å². The monoisotopic (exact) mass is 377 g/mol. The number of rotatable bonds is 15. The number of hydrogen-bond donors (Lipinski definition) is 1. The summed E-state index contributed by atoms with van der Waals surface area (Å²) in [6.07, 6.45) is 15.4. The topological polar surface area (TPSA) is 29.1 Å². The fraction of sp³-hybridized carbons (Fsp3) is 0.696. The van der Waals surface area contributed by atoms with Crippen LogP contribution in [0.1, 0.15) is 95.3 Å². The molecule has 0 bridgehead atoms. The molecule has 1 rings (SSSR count). The van der Waals surface area contributed by atoms with Crippen LogP contribution in [0.4, 0.5) is 0 Å². The fourth-order valence-corrected chi connectivity index (χ4v) is 3.61. The van der Waals surface area contributed by atoms with Crippen molar-refractivity contribution in [3.05, 3.63) is 29.8 Å². The summed E-state index contributed by atoms with van der Waals surface area (Å²) in [4.78, 5) is 13.9. The van der Waals surface area contributed by atoms with E-state index in [-0.39, 0.29) is 5.78 Å². The molecule has 0 spiro atoms. The summed E-state index contributed by atoms with van der Waals surface area (Å²) in [7, 11) is 0. The van der Waals surface area contributed by atoms with Gasteiger partial charge in [-0.2, -0.15) is 0 Å². The van der Waals surface area contributed by atoms with E-state index in [4.69, 9.17) is 0 Å². The van der Waals surface area contributed by atoms with E-state index >= 15 is 0 Å². The van der Waals surface area contributed by atoms with Gasteiger partial charge in [-0.1, -0.05) is 76.8 Å². The predicted molar refractivity (Wildman–Crippen MR) is 116 cm³/mol. The van der Waals surface area contributed by atoms with Crippen LogP contribution in [0.15, 0.2) is 29.2 Å². The van der Waals surface area contributed by atoms with Crippen molar-refractivity contribution in [3.63, 3.8) is 0 Å². The molecule has 0 unspecified atom stereocenters. The molecule has 1 N–H and O–H groups in total. The van der Waals surface area contributed by atoms with Crippen molar-refractivity contribution >= 4 is 17.5 Å². The summed E-state index contributed by atoms with van der Waals surface area (Å²) in [5.74, 6) is 0.178. The lowest BCUT2D eigenvalue weighted by Crippen LogP contribution is -2.47. The maximum atomic E-state index is 12.7. The van der Waals surface area contributed by atoms with Crippen molar-refractivity contribution in [2.75, 3.05) is 12.8 Å². The van der Waals surface area contributed by atoms with E-state index in [0.717, 1.165) is 18.5 Å². The number of thioether (sulfide) groups is 1. The molecular formula is C23H39NOS. The molecule has 0 amide bonds. The third-order valence-corrected chi connectivity index (χ3v) is 5.76. The van der Waals surface area contributed by atoms with E-state index in [1.807, 2.05) is 38.1 Å². The summed E-state index contributed by atoms with van der Waals surface area (Å²) >= 11 is 1.70. The Hall–Kier alpha value is -0.800. The first-order chi connectivity index (χ1) is 12.5. The smallest absolute Gasteiger partial charge is 0.182 e. The lowest BCUT2D eigenvalue weighted by atomic mass is 9.93. The highest BCUT2D eigenvalue weighted by atomic mass is 32.2. The quantitative estimate of drug-likeness (QED) is 0.205. The Labute approximate surface area is 165 Å². The Balaban J connectivity index is 2.15. The summed E-state index contributed by atoms with van der Waals surface area (Å²) < 4.78 is 0. The zero-order valence-corrected chi connectivity index (χ0v) is 18.2. The number of ketones is 1. The number of hydrogen-bond acceptors (Lipinski definition) is 3. The van der Waals surface area contributed by atoms with Crippen LogP contribution in [0.3, 0.4) is 0 Å². The molecule has 0 aromatic heterocycles. The highest BCUT2D eigenvalue weighted by molar-refractivity contribution is 7.98. The molecular weight excluding hydrogens is 338 g/mol. The largest absolute Gasteiger partial charge is 0.305 e. The standard InChI is InChI=1S/C23H39NOS/c1-5-6-7-8-9-10-11-12-13-14-19-24-23(2,3)22(25)20-15-17-21(26-4)18-16-20/h15-18,24H,5-14,19H2,1-4H3. The summed E-state index contributed by atoms with van der Waals surface area (Å²) in [6.45, 7) is 7.17. The van der Waals surface area contributed by atoms with Crippen LogP contribution in [0.5, 0.6) is 0 Å². The molecule has 0 heterocycles. The van der Waals surface area contributed by atoms with Crippen molar-refractivity contribution in [2.24, 2.45) is 0 Å². The minimum atomic E-state index is -0.500. The van der Waals surface area contributed by atoms with Gasteiger partial charge in [0.05, 0.1) is 5.54 Å².